The van der Waals surface area contributed by atoms with Crippen LogP contribution >= 0.6 is 11.6 Å². The zero-order valence-electron chi connectivity index (χ0n) is 10.0. The number of hydrogen-bond donors (Lipinski definition) is 2. The summed E-state index contributed by atoms with van der Waals surface area (Å²) >= 11 is 5.87. The number of H-pyrrole nitrogens is 1. The van der Waals surface area contributed by atoms with Gasteiger partial charge < -0.3 is 5.11 Å². The van der Waals surface area contributed by atoms with E-state index in [2.05, 4.69) is 10.2 Å². The van der Waals surface area contributed by atoms with E-state index in [9.17, 15) is 9.90 Å². The van der Waals surface area contributed by atoms with Gasteiger partial charge in [-0.15, -0.1) is 0 Å². The lowest BCUT2D eigenvalue weighted by Crippen LogP contribution is -2.37. The van der Waals surface area contributed by atoms with E-state index in [0.29, 0.717) is 18.0 Å². The number of benzene rings is 1. The first-order chi connectivity index (χ1) is 9.15. The molecule has 6 heteroatoms. The third-order valence-corrected chi connectivity index (χ3v) is 3.67. The van der Waals surface area contributed by atoms with Crippen LogP contribution in [0.4, 0.5) is 4.79 Å². The van der Waals surface area contributed by atoms with Gasteiger partial charge in [-0.1, -0.05) is 23.7 Å². The molecule has 0 aliphatic carbocycles. The van der Waals surface area contributed by atoms with Crippen molar-refractivity contribution in [2.75, 3.05) is 0 Å². The highest BCUT2D eigenvalue weighted by Gasteiger charge is 2.31. The van der Waals surface area contributed by atoms with Crippen LogP contribution in [-0.2, 0) is 13.0 Å². The molecule has 2 N–H and O–H groups in total. The third kappa shape index (κ3) is 2.17. The zero-order chi connectivity index (χ0) is 13.4. The molecule has 2 aromatic rings. The van der Waals surface area contributed by atoms with Gasteiger partial charge in [-0.25, -0.2) is 4.79 Å². The summed E-state index contributed by atoms with van der Waals surface area (Å²) in [6, 6.07) is 7.08. The predicted octanol–water partition coefficient (Wildman–Crippen LogP) is 2.84. The van der Waals surface area contributed by atoms with Crippen LogP contribution in [0.3, 0.4) is 0 Å². The van der Waals surface area contributed by atoms with E-state index in [1.165, 1.54) is 4.90 Å². The molecule has 19 heavy (non-hydrogen) atoms. The Morgan fingerprint density at radius 2 is 2.16 bits per heavy atom. The Bertz CT molecular complexity index is 609. The molecule has 0 bridgehead atoms. The molecule has 1 unspecified atom stereocenters. The maximum absolute atomic E-state index is 11.4. The van der Waals surface area contributed by atoms with Crippen LogP contribution in [0.15, 0.2) is 30.5 Å². The molecule has 1 amide bonds. The second-order valence-electron chi connectivity index (χ2n) is 4.56. The molecule has 98 valence electrons. The molecule has 1 aliphatic heterocycles. The zero-order valence-corrected chi connectivity index (χ0v) is 10.8. The van der Waals surface area contributed by atoms with Crippen LogP contribution in [0.5, 0.6) is 0 Å². The Kier molecular flexibility index (Phi) is 2.91. The summed E-state index contributed by atoms with van der Waals surface area (Å²) in [4.78, 5) is 12.8. The van der Waals surface area contributed by atoms with E-state index in [-0.39, 0.29) is 6.04 Å². The first-order valence-corrected chi connectivity index (χ1v) is 6.29. The summed E-state index contributed by atoms with van der Waals surface area (Å²) in [5.74, 6) is 0. The smallest absolute Gasteiger partial charge is 0.408 e. The summed E-state index contributed by atoms with van der Waals surface area (Å²) in [7, 11) is 0. The number of hydrogen-bond acceptors (Lipinski definition) is 2. The molecule has 2 heterocycles. The van der Waals surface area contributed by atoms with E-state index in [0.717, 1.165) is 16.8 Å². The van der Waals surface area contributed by atoms with Crippen LogP contribution < -0.4 is 0 Å². The number of nitrogens with one attached hydrogen (secondary N) is 1. The minimum atomic E-state index is -0.924. The van der Waals surface area contributed by atoms with Gasteiger partial charge in [-0.3, -0.25) is 10.00 Å². The van der Waals surface area contributed by atoms with E-state index < -0.39 is 6.09 Å². The van der Waals surface area contributed by atoms with Gasteiger partial charge in [0.25, 0.3) is 0 Å². The van der Waals surface area contributed by atoms with Crippen molar-refractivity contribution < 1.29 is 9.90 Å². The first kappa shape index (κ1) is 12.0. The average Bonchev–Trinajstić information content (AvgIpc) is 2.85. The van der Waals surface area contributed by atoms with Crippen molar-refractivity contribution in [2.24, 2.45) is 0 Å². The number of fused-ring (bicyclic) bond motifs is 1. The first-order valence-electron chi connectivity index (χ1n) is 5.91. The summed E-state index contributed by atoms with van der Waals surface area (Å²) in [6.45, 7) is 0.356. The molecule has 3 rings (SSSR count). The number of carboxylic acid groups (broad SMARTS) is 1. The van der Waals surface area contributed by atoms with Gasteiger partial charge in [0.1, 0.15) is 0 Å². The molecular formula is C13H12ClN3O2. The van der Waals surface area contributed by atoms with Crippen molar-refractivity contribution in [2.45, 2.75) is 19.0 Å². The largest absolute Gasteiger partial charge is 0.465 e. The number of aromatic amines is 1. The molecule has 0 spiro atoms. The number of amides is 1. The molecule has 1 atom stereocenters. The maximum atomic E-state index is 11.4. The van der Waals surface area contributed by atoms with Gasteiger partial charge in [0.15, 0.2) is 0 Å². The topological polar surface area (TPSA) is 69.2 Å². The third-order valence-electron chi connectivity index (χ3n) is 3.42. The summed E-state index contributed by atoms with van der Waals surface area (Å²) in [5.41, 5.74) is 2.87. The second-order valence-corrected chi connectivity index (χ2v) is 4.99. The van der Waals surface area contributed by atoms with Crippen molar-refractivity contribution in [3.63, 3.8) is 0 Å². The number of carbonyl (C=O) groups is 1. The van der Waals surface area contributed by atoms with Crippen molar-refractivity contribution in [3.8, 4) is 0 Å². The predicted molar refractivity (Wildman–Crippen MR) is 70.1 cm³/mol. The maximum Gasteiger partial charge on any atom is 0.408 e. The van der Waals surface area contributed by atoms with Gasteiger partial charge in [0.2, 0.25) is 0 Å². The molecule has 0 saturated heterocycles. The van der Waals surface area contributed by atoms with Gasteiger partial charge in [0, 0.05) is 22.7 Å². The number of rotatable bonds is 1. The van der Waals surface area contributed by atoms with Crippen LogP contribution in [0.2, 0.25) is 5.02 Å². The highest BCUT2D eigenvalue weighted by Crippen LogP contribution is 2.32. The highest BCUT2D eigenvalue weighted by molar-refractivity contribution is 6.30. The fourth-order valence-corrected chi connectivity index (χ4v) is 2.56. The van der Waals surface area contributed by atoms with Crippen molar-refractivity contribution in [3.05, 3.63) is 52.3 Å². The van der Waals surface area contributed by atoms with E-state index in [4.69, 9.17) is 11.6 Å². The van der Waals surface area contributed by atoms with Crippen LogP contribution in [0.25, 0.3) is 0 Å². The monoisotopic (exact) mass is 277 g/mol. The molecule has 0 fully saturated rings. The molecule has 5 nitrogen and oxygen atoms in total. The number of nitrogens with zero attached hydrogens (tertiary/aromatic N) is 2. The summed E-state index contributed by atoms with van der Waals surface area (Å²) in [5, 5.41) is 16.9. The molecule has 0 radical (unpaired) electrons. The molecule has 0 saturated carbocycles. The Morgan fingerprint density at radius 1 is 1.42 bits per heavy atom. The minimum absolute atomic E-state index is 0.206. The average molecular weight is 278 g/mol. The van der Waals surface area contributed by atoms with Crippen molar-refractivity contribution in [1.29, 1.82) is 0 Å². The van der Waals surface area contributed by atoms with E-state index in [1.54, 1.807) is 18.3 Å². The Balaban J connectivity index is 1.98. The van der Waals surface area contributed by atoms with Crippen LogP contribution in [0, 0.1) is 0 Å². The molecule has 1 aliphatic rings. The lowest BCUT2D eigenvalue weighted by atomic mass is 9.95. The van der Waals surface area contributed by atoms with Crippen LogP contribution in [-0.4, -0.2) is 26.3 Å². The fourth-order valence-electron chi connectivity index (χ4n) is 2.43. The number of halogens is 1. The van der Waals surface area contributed by atoms with Gasteiger partial charge in [0.05, 0.1) is 18.8 Å². The Labute approximate surface area is 114 Å². The molecule has 1 aromatic carbocycles. The lowest BCUT2D eigenvalue weighted by Gasteiger charge is -2.33. The minimum Gasteiger partial charge on any atom is -0.465 e. The second kappa shape index (κ2) is 4.59. The quantitative estimate of drug-likeness (QED) is 0.842. The van der Waals surface area contributed by atoms with Gasteiger partial charge >= 0.3 is 6.09 Å². The number of aromatic nitrogens is 2. The standard InChI is InChI=1S/C13H12ClN3O2/c14-10-3-1-8(2-4-10)12-5-11-9(6-15-16-11)7-17(12)13(18)19/h1-4,6,12H,5,7H2,(H,15,16)(H,18,19). The fraction of sp³-hybridized carbons (Fsp3) is 0.231. The van der Waals surface area contributed by atoms with Gasteiger partial charge in [-0.2, -0.15) is 5.10 Å². The summed E-state index contributed by atoms with van der Waals surface area (Å²) < 4.78 is 0. The lowest BCUT2D eigenvalue weighted by molar-refractivity contribution is 0.114. The van der Waals surface area contributed by atoms with Gasteiger partial charge in [-0.05, 0) is 17.7 Å². The Hall–Kier alpha value is -2.01. The van der Waals surface area contributed by atoms with Crippen molar-refractivity contribution in [1.82, 2.24) is 15.1 Å². The van der Waals surface area contributed by atoms with Crippen LogP contribution in [0.1, 0.15) is 22.9 Å². The SMILES string of the molecule is O=C(O)N1Cc2cn[nH]c2CC1c1ccc(Cl)cc1. The summed E-state index contributed by atoms with van der Waals surface area (Å²) in [6.07, 6.45) is 1.36. The molecular weight excluding hydrogens is 266 g/mol. The van der Waals surface area contributed by atoms with E-state index in [1.807, 2.05) is 12.1 Å². The normalized spacial score (nSPS) is 18.2. The molecule has 1 aromatic heterocycles. The highest BCUT2D eigenvalue weighted by atomic mass is 35.5. The Morgan fingerprint density at radius 3 is 2.84 bits per heavy atom. The van der Waals surface area contributed by atoms with Crippen molar-refractivity contribution >= 4 is 17.7 Å². The van der Waals surface area contributed by atoms with E-state index >= 15 is 0 Å².